The Morgan fingerprint density at radius 1 is 1.05 bits per heavy atom. The van der Waals surface area contributed by atoms with Crippen molar-refractivity contribution in [2.24, 2.45) is 5.73 Å². The largest absolute Gasteiger partial charge is 0.486 e. The predicted octanol–water partition coefficient (Wildman–Crippen LogP) is 4.01. The molecular formula is C17H20ClNOS. The average molecular weight is 322 g/mol. The van der Waals surface area contributed by atoms with E-state index in [1.54, 1.807) is 0 Å². The average Bonchev–Trinajstić information content (AvgIpc) is 2.49. The van der Waals surface area contributed by atoms with E-state index in [0.29, 0.717) is 18.1 Å². The Morgan fingerprint density at radius 3 is 2.19 bits per heavy atom. The smallest absolute Gasteiger partial charge is 0.176 e. The third-order valence-electron chi connectivity index (χ3n) is 3.11. The van der Waals surface area contributed by atoms with Gasteiger partial charge in [-0.25, -0.2) is 0 Å². The van der Waals surface area contributed by atoms with Gasteiger partial charge in [0.15, 0.2) is 5.05 Å². The lowest BCUT2D eigenvalue weighted by Crippen LogP contribution is -2.33. The molecule has 0 aliphatic carbocycles. The van der Waals surface area contributed by atoms with E-state index in [9.17, 15) is 0 Å². The summed E-state index contributed by atoms with van der Waals surface area (Å²) in [6, 6.07) is 18.5. The van der Waals surface area contributed by atoms with Gasteiger partial charge in [-0.05, 0) is 42.3 Å². The van der Waals surface area contributed by atoms with Crippen LogP contribution in [-0.4, -0.2) is 17.7 Å². The summed E-state index contributed by atoms with van der Waals surface area (Å²) in [5.74, 6) is 0. The van der Waals surface area contributed by atoms with Crippen molar-refractivity contribution < 1.29 is 4.74 Å². The van der Waals surface area contributed by atoms with Gasteiger partial charge in [0.1, 0.15) is 0 Å². The molecule has 0 heterocycles. The predicted molar refractivity (Wildman–Crippen MR) is 95.0 cm³/mol. The molecule has 4 heteroatoms. The quantitative estimate of drug-likeness (QED) is 0.845. The lowest BCUT2D eigenvalue weighted by molar-refractivity contribution is 0.321. The van der Waals surface area contributed by atoms with Gasteiger partial charge in [0.05, 0.1) is 12.6 Å². The molecule has 0 aliphatic heterocycles. The van der Waals surface area contributed by atoms with Crippen molar-refractivity contribution in [3.63, 3.8) is 0 Å². The van der Waals surface area contributed by atoms with E-state index in [0.717, 1.165) is 0 Å². The van der Waals surface area contributed by atoms with Gasteiger partial charge in [-0.2, -0.15) is 0 Å². The zero-order valence-electron chi connectivity index (χ0n) is 12.0. The molecule has 0 fully saturated rings. The standard InChI is InChI=1S/C17H19NOS.ClH/c1-2-19-17(20)16(18)12-13-8-10-15(11-9-13)14-6-4-3-5-7-14;/h3-11,16H,2,12,18H2,1H3;1H/t16-;/m0./s1. The summed E-state index contributed by atoms with van der Waals surface area (Å²) in [7, 11) is 0. The van der Waals surface area contributed by atoms with E-state index >= 15 is 0 Å². The molecule has 0 bridgehead atoms. The maximum absolute atomic E-state index is 6.02. The van der Waals surface area contributed by atoms with Crippen LogP contribution in [0.1, 0.15) is 12.5 Å². The van der Waals surface area contributed by atoms with E-state index in [1.807, 2.05) is 25.1 Å². The highest BCUT2D eigenvalue weighted by Gasteiger charge is 2.11. The first kappa shape index (κ1) is 17.6. The van der Waals surface area contributed by atoms with Gasteiger partial charge >= 0.3 is 0 Å². The monoisotopic (exact) mass is 321 g/mol. The fourth-order valence-corrected chi connectivity index (χ4v) is 2.25. The fraction of sp³-hybridized carbons (Fsp3) is 0.235. The molecule has 0 unspecified atom stereocenters. The molecule has 0 aromatic heterocycles. The Morgan fingerprint density at radius 2 is 1.62 bits per heavy atom. The van der Waals surface area contributed by atoms with Crippen LogP contribution in [0.25, 0.3) is 11.1 Å². The van der Waals surface area contributed by atoms with Gasteiger partial charge in [0, 0.05) is 0 Å². The minimum Gasteiger partial charge on any atom is -0.486 e. The van der Waals surface area contributed by atoms with Crippen LogP contribution in [0, 0.1) is 0 Å². The van der Waals surface area contributed by atoms with Gasteiger partial charge < -0.3 is 10.5 Å². The van der Waals surface area contributed by atoms with Gasteiger partial charge in [0.25, 0.3) is 0 Å². The zero-order valence-corrected chi connectivity index (χ0v) is 13.6. The molecule has 0 saturated heterocycles. The van der Waals surface area contributed by atoms with E-state index in [1.165, 1.54) is 16.7 Å². The van der Waals surface area contributed by atoms with E-state index in [-0.39, 0.29) is 18.4 Å². The summed E-state index contributed by atoms with van der Waals surface area (Å²) in [5.41, 5.74) is 9.60. The van der Waals surface area contributed by atoms with Crippen LogP contribution >= 0.6 is 24.6 Å². The van der Waals surface area contributed by atoms with Crippen LogP contribution in [0.2, 0.25) is 0 Å². The number of benzene rings is 2. The first-order chi connectivity index (χ1) is 9.70. The third kappa shape index (κ3) is 5.12. The number of thiocarbonyl (C=S) groups is 1. The Kier molecular flexibility index (Phi) is 7.37. The molecule has 0 amide bonds. The molecule has 0 saturated carbocycles. The first-order valence-electron chi connectivity index (χ1n) is 6.77. The van der Waals surface area contributed by atoms with Crippen molar-refractivity contribution in [2.45, 2.75) is 19.4 Å². The van der Waals surface area contributed by atoms with Gasteiger partial charge in [0.2, 0.25) is 0 Å². The number of halogens is 1. The van der Waals surface area contributed by atoms with Gasteiger partial charge in [-0.15, -0.1) is 12.4 Å². The fourth-order valence-electron chi connectivity index (χ4n) is 2.05. The van der Waals surface area contributed by atoms with Crippen LogP contribution in [0.15, 0.2) is 54.6 Å². The minimum absolute atomic E-state index is 0. The van der Waals surface area contributed by atoms with Crippen molar-refractivity contribution in [1.29, 1.82) is 0 Å². The molecule has 2 aromatic carbocycles. The van der Waals surface area contributed by atoms with Crippen LogP contribution in [-0.2, 0) is 11.2 Å². The first-order valence-corrected chi connectivity index (χ1v) is 7.18. The van der Waals surface area contributed by atoms with Crippen molar-refractivity contribution in [3.05, 3.63) is 60.2 Å². The van der Waals surface area contributed by atoms with Crippen molar-refractivity contribution in [1.82, 2.24) is 0 Å². The Balaban J connectivity index is 0.00000220. The highest BCUT2D eigenvalue weighted by Crippen LogP contribution is 2.19. The van der Waals surface area contributed by atoms with Crippen molar-refractivity contribution >= 4 is 29.7 Å². The highest BCUT2D eigenvalue weighted by atomic mass is 35.5. The lowest BCUT2D eigenvalue weighted by atomic mass is 10.0. The molecule has 0 radical (unpaired) electrons. The number of hydrogen-bond acceptors (Lipinski definition) is 3. The van der Waals surface area contributed by atoms with Gasteiger partial charge in [-0.3, -0.25) is 0 Å². The van der Waals surface area contributed by atoms with Crippen molar-refractivity contribution in [2.75, 3.05) is 6.61 Å². The minimum atomic E-state index is -0.229. The maximum Gasteiger partial charge on any atom is 0.176 e. The Bertz CT molecular complexity index is 557. The molecule has 1 atom stereocenters. The molecule has 2 aromatic rings. The normalized spacial score (nSPS) is 11.3. The highest BCUT2D eigenvalue weighted by molar-refractivity contribution is 7.80. The summed E-state index contributed by atoms with van der Waals surface area (Å²) in [5, 5.41) is 0.486. The van der Waals surface area contributed by atoms with Crippen LogP contribution in [0.4, 0.5) is 0 Å². The van der Waals surface area contributed by atoms with Crippen LogP contribution in [0.5, 0.6) is 0 Å². The second-order valence-electron chi connectivity index (χ2n) is 4.63. The molecule has 0 aliphatic rings. The Hall–Kier alpha value is -1.42. The molecule has 2 N–H and O–H groups in total. The maximum atomic E-state index is 6.02. The topological polar surface area (TPSA) is 35.2 Å². The van der Waals surface area contributed by atoms with Crippen LogP contribution < -0.4 is 5.73 Å². The number of nitrogens with two attached hydrogens (primary N) is 1. The summed E-state index contributed by atoms with van der Waals surface area (Å²) in [4.78, 5) is 0. The van der Waals surface area contributed by atoms with Crippen molar-refractivity contribution in [3.8, 4) is 11.1 Å². The summed E-state index contributed by atoms with van der Waals surface area (Å²) in [6.45, 7) is 2.48. The number of hydrogen-bond donors (Lipinski definition) is 1. The molecule has 0 spiro atoms. The van der Waals surface area contributed by atoms with Gasteiger partial charge in [-0.1, -0.05) is 54.6 Å². The third-order valence-corrected chi connectivity index (χ3v) is 3.53. The summed E-state index contributed by atoms with van der Waals surface area (Å²) in [6.07, 6.45) is 0.702. The summed E-state index contributed by atoms with van der Waals surface area (Å²) >= 11 is 5.13. The van der Waals surface area contributed by atoms with E-state index < -0.39 is 0 Å². The molecule has 112 valence electrons. The summed E-state index contributed by atoms with van der Waals surface area (Å²) < 4.78 is 5.28. The second kappa shape index (κ2) is 8.78. The second-order valence-corrected chi connectivity index (χ2v) is 5.03. The molecular weight excluding hydrogens is 302 g/mol. The van der Waals surface area contributed by atoms with E-state index in [2.05, 4.69) is 36.4 Å². The number of rotatable bonds is 5. The molecule has 2 nitrogen and oxygen atoms in total. The SMILES string of the molecule is CCOC(=S)[C@@H](N)Cc1ccc(-c2ccccc2)cc1.Cl. The Labute approximate surface area is 137 Å². The van der Waals surface area contributed by atoms with E-state index in [4.69, 9.17) is 22.7 Å². The number of ether oxygens (including phenoxy) is 1. The lowest BCUT2D eigenvalue weighted by Gasteiger charge is -2.13. The van der Waals surface area contributed by atoms with Crippen LogP contribution in [0.3, 0.4) is 0 Å². The molecule has 21 heavy (non-hydrogen) atoms. The zero-order chi connectivity index (χ0) is 14.4. The molecule has 2 rings (SSSR count).